The number of pyridine rings is 5. The number of rotatable bonds is 10. The zero-order valence-corrected chi connectivity index (χ0v) is 49.6. The lowest BCUT2D eigenvalue weighted by Gasteiger charge is -2.13. The van der Waals surface area contributed by atoms with Crippen LogP contribution in [0.1, 0.15) is 11.4 Å². The molecule has 0 saturated heterocycles. The Hall–Kier alpha value is -11.9. The highest BCUT2D eigenvalue weighted by Crippen LogP contribution is 2.39. The first-order valence-electron chi connectivity index (χ1n) is 30.3. The molecule has 0 N–H and O–H groups in total. The molecule has 10 aromatic carbocycles. The summed E-state index contributed by atoms with van der Waals surface area (Å²) >= 11 is 0. The minimum absolute atomic E-state index is 0.703. The van der Waals surface area contributed by atoms with Crippen LogP contribution >= 0.6 is 0 Å². The van der Waals surface area contributed by atoms with Crippen molar-refractivity contribution in [2.75, 3.05) is 0 Å². The summed E-state index contributed by atoms with van der Waals surface area (Å²) in [6, 6.07) is 107. The fourth-order valence-electron chi connectivity index (χ4n) is 12.0. The minimum Gasteiger partial charge on any atom is -0.251 e. The van der Waals surface area contributed by atoms with Crippen molar-refractivity contribution in [3.05, 3.63) is 321 Å². The van der Waals surface area contributed by atoms with Crippen LogP contribution in [0.25, 0.3) is 156 Å². The third-order valence-electron chi connectivity index (χ3n) is 16.4. The molecule has 16 aromatic rings. The fraction of sp³-hybridized carbons (Fsp3) is 0.0241. The van der Waals surface area contributed by atoms with E-state index in [0.717, 1.165) is 156 Å². The van der Waals surface area contributed by atoms with Gasteiger partial charge in [0.1, 0.15) is 0 Å². The number of aromatic nitrogens is 7. The van der Waals surface area contributed by atoms with Gasteiger partial charge in [-0.25, -0.2) is 24.9 Å². The maximum Gasteiger partial charge on any atom is 0.160 e. The van der Waals surface area contributed by atoms with Crippen molar-refractivity contribution >= 4 is 43.6 Å². The van der Waals surface area contributed by atoms with Gasteiger partial charge in [-0.15, -0.1) is 0 Å². The molecule has 0 fully saturated rings. The first-order valence-corrected chi connectivity index (χ1v) is 30.3. The normalized spacial score (nSPS) is 11.2. The van der Waals surface area contributed by atoms with E-state index < -0.39 is 0 Å². The first kappa shape index (κ1) is 54.7. The second-order valence-corrected chi connectivity index (χ2v) is 22.5. The zero-order valence-electron chi connectivity index (χ0n) is 49.6. The van der Waals surface area contributed by atoms with Crippen LogP contribution in [0.15, 0.2) is 309 Å². The van der Waals surface area contributed by atoms with Gasteiger partial charge in [0.05, 0.1) is 56.2 Å². The van der Waals surface area contributed by atoms with E-state index in [1.165, 1.54) is 5.56 Å². The standard InChI is InChI=1S/C42H29N3.C41H28N4/c1-28-24-37(36-22-20-32-21-23-38(30-14-7-3-8-15-30)45-41(32)42(36)43-28)33-18-11-19-34(25-33)40-27-35(29-12-5-2-6-13-29)26-39(44-40)31-16-9-4-10-17-31;1-27-24-35(34-22-20-30-21-23-36(28-12-5-2-6-13-28)43-39(30)40(34)42-27)32-18-11-19-33(25-32)38-26-37(29-14-7-3-8-15-29)44-41(45-38)31-16-9-4-10-17-31/h2-27H,1H3;2-26H,1H3. The van der Waals surface area contributed by atoms with Gasteiger partial charge < -0.3 is 0 Å². The molecular weight excluding hydrogens is 1090 g/mol. The predicted octanol–water partition coefficient (Wildman–Crippen LogP) is 21.0. The highest BCUT2D eigenvalue weighted by molar-refractivity contribution is 6.10. The van der Waals surface area contributed by atoms with Crippen LogP contribution in [-0.4, -0.2) is 34.9 Å². The second-order valence-electron chi connectivity index (χ2n) is 22.5. The molecule has 16 rings (SSSR count). The lowest BCUT2D eigenvalue weighted by atomic mass is 9.95. The molecule has 7 nitrogen and oxygen atoms in total. The molecule has 0 bridgehead atoms. The smallest absolute Gasteiger partial charge is 0.160 e. The Bertz CT molecular complexity index is 4850. The molecule has 6 heterocycles. The van der Waals surface area contributed by atoms with Crippen LogP contribution in [-0.2, 0) is 0 Å². The number of aryl methyl sites for hydroxylation is 2. The Kier molecular flexibility index (Phi) is 14.6. The lowest BCUT2D eigenvalue weighted by molar-refractivity contribution is 1.18. The maximum absolute atomic E-state index is 5.17. The number of benzene rings is 10. The predicted molar refractivity (Wildman–Crippen MR) is 371 cm³/mol. The number of hydrogen-bond acceptors (Lipinski definition) is 7. The Balaban J connectivity index is 0.000000150. The molecule has 0 amide bonds. The molecule has 424 valence electrons. The molecule has 0 unspecified atom stereocenters. The van der Waals surface area contributed by atoms with Crippen LogP contribution in [0.3, 0.4) is 0 Å². The molecule has 0 atom stereocenters. The third-order valence-corrected chi connectivity index (χ3v) is 16.4. The minimum atomic E-state index is 0.703. The summed E-state index contributed by atoms with van der Waals surface area (Å²) < 4.78 is 0. The monoisotopic (exact) mass is 1150 g/mol. The van der Waals surface area contributed by atoms with Crippen molar-refractivity contribution in [2.45, 2.75) is 13.8 Å². The van der Waals surface area contributed by atoms with E-state index in [1.54, 1.807) is 0 Å². The second kappa shape index (κ2) is 24.1. The molecule has 90 heavy (non-hydrogen) atoms. The summed E-state index contributed by atoms with van der Waals surface area (Å²) in [6.07, 6.45) is 0. The summed E-state index contributed by atoms with van der Waals surface area (Å²) in [5.74, 6) is 0.703. The van der Waals surface area contributed by atoms with Crippen molar-refractivity contribution in [2.24, 2.45) is 0 Å². The van der Waals surface area contributed by atoms with Crippen molar-refractivity contribution < 1.29 is 0 Å². The average molecular weight is 1150 g/mol. The number of nitrogens with zero attached hydrogens (tertiary/aromatic N) is 7. The Morgan fingerprint density at radius 3 is 0.956 bits per heavy atom. The van der Waals surface area contributed by atoms with Gasteiger partial charge >= 0.3 is 0 Å². The zero-order chi connectivity index (χ0) is 60.3. The summed E-state index contributed by atoms with van der Waals surface area (Å²) in [6.45, 7) is 4.11. The Labute approximate surface area is 522 Å². The van der Waals surface area contributed by atoms with Gasteiger partial charge in [0, 0.05) is 71.9 Å². The largest absolute Gasteiger partial charge is 0.251 e. The van der Waals surface area contributed by atoms with Gasteiger partial charge in [0.15, 0.2) is 5.82 Å². The maximum atomic E-state index is 5.17. The van der Waals surface area contributed by atoms with Crippen LogP contribution < -0.4 is 0 Å². The Morgan fingerprint density at radius 1 is 0.189 bits per heavy atom. The van der Waals surface area contributed by atoms with Crippen LogP contribution in [0.4, 0.5) is 0 Å². The molecule has 0 radical (unpaired) electrons. The van der Waals surface area contributed by atoms with E-state index in [4.69, 9.17) is 34.9 Å². The SMILES string of the molecule is Cc1cc(-c2cccc(-c3cc(-c4ccccc4)cc(-c4ccccc4)n3)c2)c2ccc3ccc(-c4ccccc4)nc3c2n1.Cc1cc(-c2cccc(-c3cc(-c4ccccc4)nc(-c4ccccc4)n3)c2)c2ccc3ccc(-c4ccccc4)nc3c2n1. The van der Waals surface area contributed by atoms with Crippen molar-refractivity contribution in [3.8, 4) is 112 Å². The molecule has 0 spiro atoms. The van der Waals surface area contributed by atoms with E-state index in [9.17, 15) is 0 Å². The summed E-state index contributed by atoms with van der Waals surface area (Å²) in [7, 11) is 0. The van der Waals surface area contributed by atoms with E-state index in [0.29, 0.717) is 5.82 Å². The van der Waals surface area contributed by atoms with Crippen molar-refractivity contribution in [1.29, 1.82) is 0 Å². The number of hydrogen-bond donors (Lipinski definition) is 0. The summed E-state index contributed by atoms with van der Waals surface area (Å²) in [4.78, 5) is 35.5. The molecule has 0 saturated carbocycles. The third kappa shape index (κ3) is 11.2. The van der Waals surface area contributed by atoms with Gasteiger partial charge in [-0.1, -0.05) is 255 Å². The molecular formula is C83H57N7. The van der Waals surface area contributed by atoms with Crippen molar-refractivity contribution in [1.82, 2.24) is 34.9 Å². The highest BCUT2D eigenvalue weighted by atomic mass is 14.9. The van der Waals surface area contributed by atoms with E-state index in [-0.39, 0.29) is 0 Å². The molecule has 0 aliphatic heterocycles. The van der Waals surface area contributed by atoms with E-state index in [2.05, 4.69) is 244 Å². The molecule has 7 heteroatoms. The van der Waals surface area contributed by atoms with Gasteiger partial charge in [-0.2, -0.15) is 0 Å². The van der Waals surface area contributed by atoms with Gasteiger partial charge in [0.2, 0.25) is 0 Å². The van der Waals surface area contributed by atoms with Gasteiger partial charge in [0.25, 0.3) is 0 Å². The molecule has 0 aliphatic rings. The molecule has 0 aliphatic carbocycles. The first-order chi connectivity index (χ1) is 44.4. The van der Waals surface area contributed by atoms with E-state index >= 15 is 0 Å². The quantitative estimate of drug-likeness (QED) is 0.126. The summed E-state index contributed by atoms with van der Waals surface area (Å²) in [5, 5.41) is 4.30. The van der Waals surface area contributed by atoms with Gasteiger partial charge in [-0.05, 0) is 102 Å². The number of fused-ring (bicyclic) bond motifs is 6. The fourth-order valence-corrected chi connectivity index (χ4v) is 12.0. The van der Waals surface area contributed by atoms with Gasteiger partial charge in [-0.3, -0.25) is 9.97 Å². The lowest BCUT2D eigenvalue weighted by Crippen LogP contribution is -1.96. The topological polar surface area (TPSA) is 90.2 Å². The summed E-state index contributed by atoms with van der Waals surface area (Å²) in [5.41, 5.74) is 25.3. The van der Waals surface area contributed by atoms with E-state index in [1.807, 2.05) is 78.9 Å². The highest BCUT2D eigenvalue weighted by Gasteiger charge is 2.18. The Morgan fingerprint density at radius 2 is 0.522 bits per heavy atom. The van der Waals surface area contributed by atoms with Crippen LogP contribution in [0.5, 0.6) is 0 Å². The van der Waals surface area contributed by atoms with Crippen LogP contribution in [0, 0.1) is 13.8 Å². The average Bonchev–Trinajstić information content (AvgIpc) is 2.41. The molecule has 6 aromatic heterocycles. The van der Waals surface area contributed by atoms with Crippen molar-refractivity contribution in [3.63, 3.8) is 0 Å². The van der Waals surface area contributed by atoms with Crippen LogP contribution in [0.2, 0.25) is 0 Å².